The Bertz CT molecular complexity index is 587. The Morgan fingerprint density at radius 3 is 2.55 bits per heavy atom. The van der Waals surface area contributed by atoms with Crippen LogP contribution in [0.3, 0.4) is 0 Å². The molecule has 0 radical (unpaired) electrons. The Kier molecular flexibility index (Phi) is 4.74. The number of benzene rings is 2. The first-order chi connectivity index (χ1) is 9.63. The summed E-state index contributed by atoms with van der Waals surface area (Å²) in [6.07, 6.45) is 2.02. The van der Waals surface area contributed by atoms with Crippen LogP contribution >= 0.6 is 11.8 Å². The number of hydrogen-bond donors (Lipinski definition) is 2. The molecule has 5 heteroatoms. The number of nitrogen functional groups attached to an aromatic ring is 1. The van der Waals surface area contributed by atoms with Crippen LogP contribution in [-0.4, -0.2) is 12.9 Å². The molecule has 0 aliphatic heterocycles. The predicted octanol–water partition coefficient (Wildman–Crippen LogP) is 4.27. The summed E-state index contributed by atoms with van der Waals surface area (Å²) in [6.45, 7) is 2.22. The molecule has 0 aliphatic carbocycles. The third kappa shape index (κ3) is 3.36. The molecule has 0 saturated carbocycles. The molecule has 0 fully saturated rings. The average Bonchev–Trinajstić information content (AvgIpc) is 2.45. The highest BCUT2D eigenvalue weighted by Crippen LogP contribution is 2.31. The minimum atomic E-state index is -0.451. The van der Waals surface area contributed by atoms with Crippen LogP contribution in [0.4, 0.5) is 21.5 Å². The van der Waals surface area contributed by atoms with Gasteiger partial charge in [-0.2, -0.15) is 0 Å². The Morgan fingerprint density at radius 1 is 1.25 bits per heavy atom. The fraction of sp³-hybridized carbons (Fsp3) is 0.200. The van der Waals surface area contributed by atoms with E-state index in [2.05, 4.69) is 5.32 Å². The van der Waals surface area contributed by atoms with Crippen molar-refractivity contribution < 1.29 is 9.13 Å². The zero-order valence-corrected chi connectivity index (χ0v) is 12.3. The molecule has 3 nitrogen and oxygen atoms in total. The molecule has 106 valence electrons. The van der Waals surface area contributed by atoms with Gasteiger partial charge >= 0.3 is 0 Å². The lowest BCUT2D eigenvalue weighted by Crippen LogP contribution is -2.01. The molecule has 0 spiro atoms. The topological polar surface area (TPSA) is 47.3 Å². The summed E-state index contributed by atoms with van der Waals surface area (Å²) in [5.41, 5.74) is 7.70. The molecule has 0 amide bonds. The Balaban J connectivity index is 2.25. The van der Waals surface area contributed by atoms with Crippen LogP contribution in [0.5, 0.6) is 5.75 Å². The second-order valence-electron chi connectivity index (χ2n) is 4.16. The van der Waals surface area contributed by atoms with Crippen molar-refractivity contribution in [2.75, 3.05) is 23.9 Å². The number of anilines is 3. The van der Waals surface area contributed by atoms with Crippen LogP contribution in [0.1, 0.15) is 6.92 Å². The van der Waals surface area contributed by atoms with Gasteiger partial charge in [0.2, 0.25) is 0 Å². The van der Waals surface area contributed by atoms with Gasteiger partial charge in [0.15, 0.2) is 11.6 Å². The molecule has 0 saturated heterocycles. The van der Waals surface area contributed by atoms with E-state index in [0.29, 0.717) is 18.0 Å². The van der Waals surface area contributed by atoms with E-state index in [1.165, 1.54) is 11.0 Å². The fourth-order valence-electron chi connectivity index (χ4n) is 1.77. The SMILES string of the molecule is CCOc1cc(Nc2ccc(SC)cc2)c(N)cc1F. The Morgan fingerprint density at radius 2 is 1.95 bits per heavy atom. The molecule has 3 N–H and O–H groups in total. The monoisotopic (exact) mass is 292 g/mol. The Labute approximate surface area is 122 Å². The van der Waals surface area contributed by atoms with Crippen molar-refractivity contribution in [1.29, 1.82) is 0 Å². The maximum Gasteiger partial charge on any atom is 0.167 e. The van der Waals surface area contributed by atoms with Gasteiger partial charge < -0.3 is 15.8 Å². The predicted molar refractivity (Wildman–Crippen MR) is 83.5 cm³/mol. The van der Waals surface area contributed by atoms with Gasteiger partial charge in [0.25, 0.3) is 0 Å². The highest BCUT2D eigenvalue weighted by molar-refractivity contribution is 7.98. The third-order valence-corrected chi connectivity index (χ3v) is 3.52. The Hall–Kier alpha value is -1.88. The van der Waals surface area contributed by atoms with Gasteiger partial charge in [-0.05, 0) is 37.4 Å². The van der Waals surface area contributed by atoms with E-state index in [0.717, 1.165) is 5.69 Å². The van der Waals surface area contributed by atoms with Gasteiger partial charge in [-0.3, -0.25) is 0 Å². The van der Waals surface area contributed by atoms with Crippen molar-refractivity contribution in [2.24, 2.45) is 0 Å². The van der Waals surface area contributed by atoms with Crippen molar-refractivity contribution in [1.82, 2.24) is 0 Å². The smallest absolute Gasteiger partial charge is 0.167 e. The highest BCUT2D eigenvalue weighted by Gasteiger charge is 2.09. The van der Waals surface area contributed by atoms with Gasteiger partial charge in [-0.25, -0.2) is 4.39 Å². The van der Waals surface area contributed by atoms with Crippen molar-refractivity contribution >= 4 is 28.8 Å². The van der Waals surface area contributed by atoms with Crippen molar-refractivity contribution in [3.05, 3.63) is 42.2 Å². The number of nitrogens with two attached hydrogens (primary N) is 1. The molecule has 2 aromatic carbocycles. The second-order valence-corrected chi connectivity index (χ2v) is 5.04. The quantitative estimate of drug-likeness (QED) is 0.638. The molecule has 0 aliphatic rings. The molecule has 2 aromatic rings. The number of nitrogens with one attached hydrogen (secondary N) is 1. The maximum absolute atomic E-state index is 13.6. The molecular formula is C15H17FN2OS. The molecule has 0 unspecified atom stereocenters. The lowest BCUT2D eigenvalue weighted by atomic mass is 10.2. The highest BCUT2D eigenvalue weighted by atomic mass is 32.2. The first kappa shape index (κ1) is 14.5. The molecular weight excluding hydrogens is 275 g/mol. The number of rotatable bonds is 5. The average molecular weight is 292 g/mol. The van der Waals surface area contributed by atoms with Gasteiger partial charge in [0, 0.05) is 22.7 Å². The largest absolute Gasteiger partial charge is 0.491 e. The van der Waals surface area contributed by atoms with Crippen LogP contribution in [0.15, 0.2) is 41.3 Å². The van der Waals surface area contributed by atoms with E-state index < -0.39 is 5.82 Å². The van der Waals surface area contributed by atoms with Crippen LogP contribution in [0, 0.1) is 5.82 Å². The van der Waals surface area contributed by atoms with E-state index in [-0.39, 0.29) is 5.75 Å². The number of hydrogen-bond acceptors (Lipinski definition) is 4. The standard InChI is InChI=1S/C15H17FN2OS/c1-3-19-15-9-14(13(17)8-12(15)16)18-10-4-6-11(20-2)7-5-10/h4-9,18H,3,17H2,1-2H3. The molecule has 0 bridgehead atoms. The van der Waals surface area contributed by atoms with Crippen LogP contribution < -0.4 is 15.8 Å². The molecule has 0 atom stereocenters. The zero-order valence-electron chi connectivity index (χ0n) is 11.4. The van der Waals surface area contributed by atoms with Crippen molar-refractivity contribution in [2.45, 2.75) is 11.8 Å². The van der Waals surface area contributed by atoms with Gasteiger partial charge in [-0.15, -0.1) is 11.8 Å². The van der Waals surface area contributed by atoms with Crippen molar-refractivity contribution in [3.8, 4) is 5.75 Å². The zero-order chi connectivity index (χ0) is 14.5. The van der Waals surface area contributed by atoms with Gasteiger partial charge in [0.05, 0.1) is 18.0 Å². The van der Waals surface area contributed by atoms with Crippen LogP contribution in [0.25, 0.3) is 0 Å². The summed E-state index contributed by atoms with van der Waals surface area (Å²) < 4.78 is 18.9. The summed E-state index contributed by atoms with van der Waals surface area (Å²) >= 11 is 1.68. The number of ether oxygens (including phenoxy) is 1. The van der Waals surface area contributed by atoms with Crippen LogP contribution in [0.2, 0.25) is 0 Å². The molecule has 0 aromatic heterocycles. The summed E-state index contributed by atoms with van der Waals surface area (Å²) in [5, 5.41) is 3.17. The normalized spacial score (nSPS) is 10.3. The lowest BCUT2D eigenvalue weighted by Gasteiger charge is -2.13. The fourth-order valence-corrected chi connectivity index (χ4v) is 2.18. The minimum Gasteiger partial charge on any atom is -0.491 e. The number of thioether (sulfide) groups is 1. The molecule has 20 heavy (non-hydrogen) atoms. The number of halogens is 1. The molecule has 2 rings (SSSR count). The first-order valence-electron chi connectivity index (χ1n) is 6.27. The maximum atomic E-state index is 13.6. The van der Waals surface area contributed by atoms with Crippen molar-refractivity contribution in [3.63, 3.8) is 0 Å². The van der Waals surface area contributed by atoms with E-state index >= 15 is 0 Å². The summed E-state index contributed by atoms with van der Waals surface area (Å²) in [6, 6.07) is 10.8. The van der Waals surface area contributed by atoms with E-state index in [1.807, 2.05) is 37.4 Å². The second kappa shape index (κ2) is 6.52. The third-order valence-electron chi connectivity index (χ3n) is 2.77. The lowest BCUT2D eigenvalue weighted by molar-refractivity contribution is 0.322. The first-order valence-corrected chi connectivity index (χ1v) is 7.49. The van der Waals surface area contributed by atoms with E-state index in [1.54, 1.807) is 17.8 Å². The van der Waals surface area contributed by atoms with E-state index in [4.69, 9.17) is 10.5 Å². The van der Waals surface area contributed by atoms with Crippen LogP contribution in [-0.2, 0) is 0 Å². The van der Waals surface area contributed by atoms with E-state index in [9.17, 15) is 4.39 Å². The summed E-state index contributed by atoms with van der Waals surface area (Å²) in [5.74, 6) is -0.252. The molecule has 0 heterocycles. The minimum absolute atomic E-state index is 0.199. The van der Waals surface area contributed by atoms with Gasteiger partial charge in [0.1, 0.15) is 0 Å². The summed E-state index contributed by atoms with van der Waals surface area (Å²) in [7, 11) is 0. The van der Waals surface area contributed by atoms with Gasteiger partial charge in [-0.1, -0.05) is 0 Å². The summed E-state index contributed by atoms with van der Waals surface area (Å²) in [4.78, 5) is 1.18.